The Hall–Kier alpha value is -1.89. The van der Waals surface area contributed by atoms with Crippen molar-refractivity contribution < 1.29 is 4.79 Å². The van der Waals surface area contributed by atoms with Crippen molar-refractivity contribution in [2.24, 2.45) is 0 Å². The van der Waals surface area contributed by atoms with E-state index in [1.165, 1.54) is 11.1 Å². The lowest BCUT2D eigenvalue weighted by molar-refractivity contribution is 0.0935. The number of rotatable bonds is 4. The summed E-state index contributed by atoms with van der Waals surface area (Å²) in [4.78, 5) is 17.4. The molecule has 0 aliphatic heterocycles. The van der Waals surface area contributed by atoms with Crippen molar-refractivity contribution in [1.29, 1.82) is 0 Å². The van der Waals surface area contributed by atoms with Crippen molar-refractivity contribution in [2.75, 3.05) is 5.73 Å². The van der Waals surface area contributed by atoms with E-state index in [2.05, 4.69) is 27.4 Å². The summed E-state index contributed by atoms with van der Waals surface area (Å²) in [6.45, 7) is 3.97. The van der Waals surface area contributed by atoms with E-state index in [1.807, 2.05) is 13.1 Å². The highest BCUT2D eigenvalue weighted by atomic mass is 32.1. The minimum absolute atomic E-state index is 0.148. The Kier molecular flexibility index (Phi) is 3.61. The number of amides is 1. The largest absolute Gasteiger partial charge is 0.396 e. The third-order valence-electron chi connectivity index (χ3n) is 2.53. The molecule has 4 N–H and O–H groups in total. The zero-order valence-corrected chi connectivity index (χ0v) is 11.0. The molecule has 2 heterocycles. The molecule has 0 aromatic carbocycles. The molecule has 6 nitrogen and oxygen atoms in total. The summed E-state index contributed by atoms with van der Waals surface area (Å²) >= 11 is 1.60. The van der Waals surface area contributed by atoms with Gasteiger partial charge in [-0.15, -0.1) is 11.3 Å². The molecule has 1 amide bonds. The maximum Gasteiger partial charge on any atom is 0.271 e. The number of nitrogens with two attached hydrogens (primary N) is 1. The summed E-state index contributed by atoms with van der Waals surface area (Å²) in [6, 6.07) is -0.148. The summed E-state index contributed by atoms with van der Waals surface area (Å²) in [5.74, 6) is -0.272. The van der Waals surface area contributed by atoms with Gasteiger partial charge in [0.05, 0.1) is 17.9 Å². The van der Waals surface area contributed by atoms with Crippen LogP contribution in [-0.4, -0.2) is 21.1 Å². The van der Waals surface area contributed by atoms with Gasteiger partial charge < -0.3 is 11.1 Å². The van der Waals surface area contributed by atoms with E-state index in [0.29, 0.717) is 5.69 Å². The van der Waals surface area contributed by atoms with E-state index >= 15 is 0 Å². The molecule has 2 aromatic rings. The van der Waals surface area contributed by atoms with Crippen LogP contribution < -0.4 is 11.1 Å². The molecular formula is C11H15N5OS. The smallest absolute Gasteiger partial charge is 0.271 e. The summed E-state index contributed by atoms with van der Waals surface area (Å²) in [6.07, 6.45) is 4.21. The number of carbonyl (C=O) groups excluding carboxylic acids is 1. The van der Waals surface area contributed by atoms with Gasteiger partial charge >= 0.3 is 0 Å². The Labute approximate surface area is 109 Å². The van der Waals surface area contributed by atoms with Crippen molar-refractivity contribution in [3.63, 3.8) is 0 Å². The molecule has 1 atom stereocenters. The van der Waals surface area contributed by atoms with Crippen LogP contribution in [0.15, 0.2) is 12.4 Å². The zero-order valence-electron chi connectivity index (χ0n) is 10.2. The van der Waals surface area contributed by atoms with Crippen molar-refractivity contribution in [1.82, 2.24) is 20.5 Å². The maximum absolute atomic E-state index is 11.9. The van der Waals surface area contributed by atoms with Gasteiger partial charge in [-0.3, -0.25) is 9.89 Å². The molecule has 96 valence electrons. The van der Waals surface area contributed by atoms with Crippen molar-refractivity contribution in [2.45, 2.75) is 26.3 Å². The van der Waals surface area contributed by atoms with Crippen LogP contribution in [0.5, 0.6) is 0 Å². The van der Waals surface area contributed by atoms with Gasteiger partial charge in [-0.05, 0) is 13.3 Å². The summed E-state index contributed by atoms with van der Waals surface area (Å²) < 4.78 is 0. The highest BCUT2D eigenvalue weighted by molar-refractivity contribution is 7.11. The molecule has 0 bridgehead atoms. The van der Waals surface area contributed by atoms with Crippen LogP contribution in [0.2, 0.25) is 0 Å². The van der Waals surface area contributed by atoms with Gasteiger partial charge in [0, 0.05) is 11.1 Å². The quantitative estimate of drug-likeness (QED) is 0.780. The van der Waals surface area contributed by atoms with Crippen LogP contribution in [0.1, 0.15) is 40.3 Å². The normalized spacial score (nSPS) is 12.3. The number of carbonyl (C=O) groups is 1. The third-order valence-corrected chi connectivity index (χ3v) is 3.86. The monoisotopic (exact) mass is 265 g/mol. The van der Waals surface area contributed by atoms with Crippen LogP contribution in [0, 0.1) is 0 Å². The number of H-pyrrole nitrogens is 1. The van der Waals surface area contributed by atoms with E-state index in [9.17, 15) is 4.79 Å². The minimum atomic E-state index is -0.272. The molecule has 2 rings (SSSR count). The highest BCUT2D eigenvalue weighted by Gasteiger charge is 2.17. The summed E-state index contributed by atoms with van der Waals surface area (Å²) in [5, 5.41) is 10.0. The molecule has 0 radical (unpaired) electrons. The van der Waals surface area contributed by atoms with Gasteiger partial charge in [0.15, 0.2) is 0 Å². The van der Waals surface area contributed by atoms with Gasteiger partial charge in [-0.1, -0.05) is 6.92 Å². The summed E-state index contributed by atoms with van der Waals surface area (Å²) in [7, 11) is 0. The molecule has 0 aliphatic rings. The number of anilines is 1. The number of aromatic nitrogens is 3. The highest BCUT2D eigenvalue weighted by Crippen LogP contribution is 2.20. The zero-order chi connectivity index (χ0) is 13.1. The van der Waals surface area contributed by atoms with Gasteiger partial charge in [0.1, 0.15) is 10.7 Å². The number of hydrogen-bond donors (Lipinski definition) is 3. The molecule has 0 fully saturated rings. The van der Waals surface area contributed by atoms with Gasteiger partial charge in [-0.25, -0.2) is 4.98 Å². The maximum atomic E-state index is 11.9. The second-order valence-corrected chi connectivity index (χ2v) is 5.06. The van der Waals surface area contributed by atoms with E-state index in [1.54, 1.807) is 11.3 Å². The number of nitrogen functional groups attached to an aromatic ring is 1. The number of nitrogens with one attached hydrogen (secondary N) is 2. The van der Waals surface area contributed by atoms with Crippen molar-refractivity contribution in [3.05, 3.63) is 28.0 Å². The average Bonchev–Trinajstić information content (AvgIpc) is 2.96. The lowest BCUT2D eigenvalue weighted by atomic mass is 10.3. The van der Waals surface area contributed by atoms with Crippen molar-refractivity contribution in [3.8, 4) is 0 Å². The Morgan fingerprint density at radius 3 is 2.94 bits per heavy atom. The molecule has 0 aliphatic carbocycles. The fourth-order valence-electron chi connectivity index (χ4n) is 1.49. The van der Waals surface area contributed by atoms with Crippen LogP contribution in [0.25, 0.3) is 0 Å². The van der Waals surface area contributed by atoms with Crippen LogP contribution in [0.3, 0.4) is 0 Å². The number of aryl methyl sites for hydroxylation is 1. The molecule has 0 spiro atoms. The Morgan fingerprint density at radius 2 is 2.39 bits per heavy atom. The minimum Gasteiger partial charge on any atom is -0.396 e. The number of thiazole rings is 1. The van der Waals surface area contributed by atoms with E-state index in [-0.39, 0.29) is 17.6 Å². The molecule has 2 aromatic heterocycles. The first-order chi connectivity index (χ1) is 8.61. The Bertz CT molecular complexity index is 547. The van der Waals surface area contributed by atoms with Gasteiger partial charge in [-0.2, -0.15) is 5.10 Å². The Balaban J connectivity index is 2.05. The fourth-order valence-corrected chi connectivity index (χ4v) is 2.35. The molecule has 7 heteroatoms. The third kappa shape index (κ3) is 2.51. The molecule has 0 saturated carbocycles. The molecular weight excluding hydrogens is 250 g/mol. The first kappa shape index (κ1) is 12.6. The predicted octanol–water partition coefficient (Wildman–Crippen LogP) is 1.50. The molecule has 18 heavy (non-hydrogen) atoms. The van der Waals surface area contributed by atoms with Crippen LogP contribution in [0.4, 0.5) is 5.69 Å². The fraction of sp³-hybridized carbons (Fsp3) is 0.364. The first-order valence-corrected chi connectivity index (χ1v) is 6.47. The van der Waals surface area contributed by atoms with E-state index in [0.717, 1.165) is 11.4 Å². The molecule has 1 unspecified atom stereocenters. The van der Waals surface area contributed by atoms with Crippen LogP contribution >= 0.6 is 11.3 Å². The predicted molar refractivity (Wildman–Crippen MR) is 70.4 cm³/mol. The van der Waals surface area contributed by atoms with Crippen molar-refractivity contribution >= 4 is 22.9 Å². The summed E-state index contributed by atoms with van der Waals surface area (Å²) in [5.41, 5.74) is 6.24. The number of hydrogen-bond acceptors (Lipinski definition) is 5. The Morgan fingerprint density at radius 1 is 1.61 bits per heavy atom. The lowest BCUT2D eigenvalue weighted by Gasteiger charge is -2.10. The van der Waals surface area contributed by atoms with E-state index in [4.69, 9.17) is 5.73 Å². The van der Waals surface area contributed by atoms with Crippen LogP contribution in [-0.2, 0) is 6.42 Å². The topological polar surface area (TPSA) is 96.7 Å². The lowest BCUT2D eigenvalue weighted by Crippen LogP contribution is -2.27. The number of aromatic amines is 1. The van der Waals surface area contributed by atoms with Gasteiger partial charge in [0.25, 0.3) is 5.91 Å². The van der Waals surface area contributed by atoms with Gasteiger partial charge in [0.2, 0.25) is 0 Å². The standard InChI is InChI=1S/C11H15N5OS/c1-3-7-4-13-11(18-7)6(2)15-10(17)9-8(12)5-14-16-9/h4-6H,3,12H2,1-2H3,(H,14,16)(H,15,17). The second kappa shape index (κ2) is 5.18. The van der Waals surface area contributed by atoms with E-state index < -0.39 is 0 Å². The SMILES string of the molecule is CCc1cnc(C(C)NC(=O)c2[nH]ncc2N)s1. The first-order valence-electron chi connectivity index (χ1n) is 5.66. The average molecular weight is 265 g/mol. The number of nitrogens with zero attached hydrogens (tertiary/aromatic N) is 2. The second-order valence-electron chi connectivity index (χ2n) is 3.91. The molecule has 0 saturated heterocycles.